The van der Waals surface area contributed by atoms with Crippen molar-refractivity contribution in [1.82, 2.24) is 0 Å². The van der Waals surface area contributed by atoms with E-state index in [1.807, 2.05) is 0 Å². The minimum atomic E-state index is -1.16. The topological polar surface area (TPSA) is 55.6 Å². The number of halogens is 2. The predicted molar refractivity (Wildman–Crippen MR) is 71.7 cm³/mol. The average molecular weight is 284 g/mol. The van der Waals surface area contributed by atoms with Gasteiger partial charge in [0.15, 0.2) is 11.6 Å². The third-order valence-electron chi connectivity index (χ3n) is 3.76. The highest BCUT2D eigenvalue weighted by Gasteiger charge is 2.24. The number of methoxy groups -OCH3 is 1. The lowest BCUT2D eigenvalue weighted by Crippen LogP contribution is -2.36. The second-order valence-electron chi connectivity index (χ2n) is 4.92. The largest absolute Gasteiger partial charge is 0.465 e. The predicted octanol–water partition coefficient (Wildman–Crippen LogP) is 1.93. The Morgan fingerprint density at radius 2 is 2.00 bits per heavy atom. The molecule has 0 spiro atoms. The number of esters is 1. The highest BCUT2D eigenvalue weighted by molar-refractivity contribution is 5.90. The third kappa shape index (κ3) is 2.75. The molecule has 1 aromatic rings. The molecule has 1 aliphatic heterocycles. The van der Waals surface area contributed by atoms with E-state index in [0.717, 1.165) is 20.0 Å². The Morgan fingerprint density at radius 3 is 2.55 bits per heavy atom. The van der Waals surface area contributed by atoms with Gasteiger partial charge in [-0.15, -0.1) is 0 Å². The fraction of sp³-hybridized carbons (Fsp3) is 0.500. The summed E-state index contributed by atoms with van der Waals surface area (Å²) in [6.07, 6.45) is 1.71. The van der Waals surface area contributed by atoms with E-state index in [1.54, 1.807) is 4.90 Å². The van der Waals surface area contributed by atoms with Gasteiger partial charge in [0, 0.05) is 13.1 Å². The summed E-state index contributed by atoms with van der Waals surface area (Å²) >= 11 is 0. The van der Waals surface area contributed by atoms with Crippen molar-refractivity contribution in [2.75, 3.05) is 31.6 Å². The highest BCUT2D eigenvalue weighted by atomic mass is 19.2. The SMILES string of the molecule is COC(=O)c1ccc(N2CCC(CN)CC2)c(F)c1F. The lowest BCUT2D eigenvalue weighted by molar-refractivity contribution is 0.0594. The van der Waals surface area contributed by atoms with E-state index in [1.165, 1.54) is 12.1 Å². The Bertz CT molecular complexity index is 500. The number of hydrogen-bond donors (Lipinski definition) is 1. The van der Waals surface area contributed by atoms with Crippen molar-refractivity contribution >= 4 is 11.7 Å². The number of hydrogen-bond acceptors (Lipinski definition) is 4. The zero-order valence-electron chi connectivity index (χ0n) is 11.4. The molecule has 0 unspecified atom stereocenters. The first-order chi connectivity index (χ1) is 9.58. The number of carbonyl (C=O) groups excluding carboxylic acids is 1. The normalized spacial score (nSPS) is 16.3. The van der Waals surface area contributed by atoms with Gasteiger partial charge in [-0.25, -0.2) is 13.6 Å². The minimum Gasteiger partial charge on any atom is -0.465 e. The molecule has 0 atom stereocenters. The van der Waals surface area contributed by atoms with E-state index >= 15 is 0 Å². The summed E-state index contributed by atoms with van der Waals surface area (Å²) in [5, 5.41) is 0. The van der Waals surface area contributed by atoms with E-state index in [9.17, 15) is 13.6 Å². The van der Waals surface area contributed by atoms with Crippen molar-refractivity contribution in [3.05, 3.63) is 29.3 Å². The van der Waals surface area contributed by atoms with Gasteiger partial charge in [-0.05, 0) is 37.4 Å². The van der Waals surface area contributed by atoms with E-state index in [4.69, 9.17) is 5.73 Å². The van der Waals surface area contributed by atoms with Gasteiger partial charge in [0.1, 0.15) is 0 Å². The molecule has 4 nitrogen and oxygen atoms in total. The van der Waals surface area contributed by atoms with Gasteiger partial charge in [-0.1, -0.05) is 0 Å². The maximum atomic E-state index is 14.1. The summed E-state index contributed by atoms with van der Waals surface area (Å²) in [4.78, 5) is 13.1. The first-order valence-corrected chi connectivity index (χ1v) is 6.59. The Hall–Kier alpha value is -1.69. The monoisotopic (exact) mass is 284 g/mol. The van der Waals surface area contributed by atoms with E-state index in [-0.39, 0.29) is 11.3 Å². The van der Waals surface area contributed by atoms with Crippen molar-refractivity contribution in [3.63, 3.8) is 0 Å². The van der Waals surface area contributed by atoms with Crippen LogP contribution in [0.3, 0.4) is 0 Å². The molecule has 6 heteroatoms. The molecule has 1 heterocycles. The van der Waals surface area contributed by atoms with Gasteiger partial charge in [0.05, 0.1) is 18.4 Å². The minimum absolute atomic E-state index is 0.186. The summed E-state index contributed by atoms with van der Waals surface area (Å²) in [7, 11) is 1.13. The fourth-order valence-electron chi connectivity index (χ4n) is 2.46. The third-order valence-corrected chi connectivity index (χ3v) is 3.76. The van der Waals surface area contributed by atoms with E-state index in [0.29, 0.717) is 25.6 Å². The quantitative estimate of drug-likeness (QED) is 0.862. The summed E-state index contributed by atoms with van der Waals surface area (Å²) in [6, 6.07) is 2.68. The maximum Gasteiger partial charge on any atom is 0.340 e. The van der Waals surface area contributed by atoms with E-state index < -0.39 is 17.6 Å². The smallest absolute Gasteiger partial charge is 0.340 e. The number of piperidine rings is 1. The molecule has 110 valence electrons. The van der Waals surface area contributed by atoms with Gasteiger partial charge < -0.3 is 15.4 Å². The second kappa shape index (κ2) is 6.17. The number of nitrogens with two attached hydrogens (primary N) is 1. The molecule has 0 amide bonds. The van der Waals surface area contributed by atoms with Gasteiger partial charge in [-0.2, -0.15) is 0 Å². The molecule has 0 bridgehead atoms. The second-order valence-corrected chi connectivity index (χ2v) is 4.92. The average Bonchev–Trinajstić information content (AvgIpc) is 2.49. The fourth-order valence-corrected chi connectivity index (χ4v) is 2.46. The molecule has 1 aliphatic rings. The Kier molecular flexibility index (Phi) is 4.54. The maximum absolute atomic E-state index is 14.1. The highest BCUT2D eigenvalue weighted by Crippen LogP contribution is 2.28. The molecular formula is C14H18F2N2O2. The first kappa shape index (κ1) is 14.7. The number of carbonyl (C=O) groups is 1. The van der Waals surface area contributed by atoms with Crippen LogP contribution in [-0.2, 0) is 4.74 Å². The number of rotatable bonds is 3. The molecular weight excluding hydrogens is 266 g/mol. The number of ether oxygens (including phenoxy) is 1. The molecule has 2 rings (SSSR count). The van der Waals surface area contributed by atoms with Crippen LogP contribution >= 0.6 is 0 Å². The van der Waals surface area contributed by atoms with E-state index in [2.05, 4.69) is 4.74 Å². The van der Waals surface area contributed by atoms with Gasteiger partial charge in [-0.3, -0.25) is 0 Å². The Labute approximate surface area is 116 Å². The molecule has 20 heavy (non-hydrogen) atoms. The molecule has 0 saturated carbocycles. The van der Waals surface area contributed by atoms with Gasteiger partial charge >= 0.3 is 5.97 Å². The molecule has 2 N–H and O–H groups in total. The van der Waals surface area contributed by atoms with Crippen molar-refractivity contribution in [1.29, 1.82) is 0 Å². The van der Waals surface area contributed by atoms with Crippen LogP contribution in [0.5, 0.6) is 0 Å². The molecule has 0 radical (unpaired) electrons. The van der Waals surface area contributed by atoms with Crippen molar-refractivity contribution < 1.29 is 18.3 Å². The molecule has 0 aromatic heterocycles. The number of anilines is 1. The Morgan fingerprint density at radius 1 is 1.35 bits per heavy atom. The van der Waals surface area contributed by atoms with Crippen LogP contribution in [0.2, 0.25) is 0 Å². The Balaban J connectivity index is 2.22. The number of benzene rings is 1. The zero-order valence-corrected chi connectivity index (χ0v) is 11.4. The van der Waals surface area contributed by atoms with Crippen LogP contribution in [0.25, 0.3) is 0 Å². The van der Waals surface area contributed by atoms with Crippen LogP contribution in [0.1, 0.15) is 23.2 Å². The summed E-state index contributed by atoms with van der Waals surface area (Å²) in [6.45, 7) is 1.89. The number of nitrogens with zero attached hydrogens (tertiary/aromatic N) is 1. The van der Waals surface area contributed by atoms with Crippen molar-refractivity contribution in [3.8, 4) is 0 Å². The summed E-state index contributed by atoms with van der Waals surface area (Å²) < 4.78 is 32.4. The summed E-state index contributed by atoms with van der Waals surface area (Å²) in [5.41, 5.74) is 5.41. The van der Waals surface area contributed by atoms with Gasteiger partial charge in [0.25, 0.3) is 0 Å². The standard InChI is InChI=1S/C14H18F2N2O2/c1-20-14(19)10-2-3-11(13(16)12(10)15)18-6-4-9(8-17)5-7-18/h2-3,9H,4-8,17H2,1H3. The zero-order chi connectivity index (χ0) is 14.7. The van der Waals surface area contributed by atoms with Crippen molar-refractivity contribution in [2.24, 2.45) is 11.7 Å². The van der Waals surface area contributed by atoms with Crippen LogP contribution < -0.4 is 10.6 Å². The lowest BCUT2D eigenvalue weighted by Gasteiger charge is -2.33. The van der Waals surface area contributed by atoms with Gasteiger partial charge in [0.2, 0.25) is 0 Å². The van der Waals surface area contributed by atoms with Crippen LogP contribution in [0.4, 0.5) is 14.5 Å². The first-order valence-electron chi connectivity index (χ1n) is 6.59. The summed E-state index contributed by atoms with van der Waals surface area (Å²) in [5.74, 6) is -2.60. The molecule has 1 aromatic carbocycles. The molecule has 0 aliphatic carbocycles. The van der Waals surface area contributed by atoms with Crippen LogP contribution in [-0.4, -0.2) is 32.7 Å². The van der Waals surface area contributed by atoms with Crippen LogP contribution in [0.15, 0.2) is 12.1 Å². The molecule has 1 saturated heterocycles. The molecule has 1 fully saturated rings. The van der Waals surface area contributed by atoms with Crippen LogP contribution in [0, 0.1) is 17.6 Å². The lowest BCUT2D eigenvalue weighted by atomic mass is 9.96. The van der Waals surface area contributed by atoms with Crippen molar-refractivity contribution in [2.45, 2.75) is 12.8 Å².